The molecule has 0 fully saturated rings. The summed E-state index contributed by atoms with van der Waals surface area (Å²) < 4.78 is 0. The SMILES string of the molecule is CCCCCCCCCC(=O)Nc1cc(C)cc(C)n1. The molecule has 0 aliphatic rings. The van der Waals surface area contributed by atoms with Gasteiger partial charge in [0.1, 0.15) is 5.82 Å². The maximum Gasteiger partial charge on any atom is 0.225 e. The number of rotatable bonds is 9. The van der Waals surface area contributed by atoms with E-state index in [1.54, 1.807) is 0 Å². The number of hydrogen-bond acceptors (Lipinski definition) is 2. The Morgan fingerprint density at radius 2 is 1.70 bits per heavy atom. The van der Waals surface area contributed by atoms with Crippen LogP contribution in [-0.4, -0.2) is 10.9 Å². The quantitative estimate of drug-likeness (QED) is 0.660. The molecular weight excluding hydrogens is 248 g/mol. The summed E-state index contributed by atoms with van der Waals surface area (Å²) in [5.41, 5.74) is 2.07. The lowest BCUT2D eigenvalue weighted by atomic mass is 10.1. The first-order valence-electron chi connectivity index (χ1n) is 7.87. The van der Waals surface area contributed by atoms with E-state index >= 15 is 0 Å². The second-order valence-corrected chi connectivity index (χ2v) is 5.59. The molecule has 0 saturated carbocycles. The molecule has 0 aliphatic carbocycles. The van der Waals surface area contributed by atoms with Gasteiger partial charge in [-0.1, -0.05) is 45.4 Å². The van der Waals surface area contributed by atoms with Crippen molar-refractivity contribution in [1.82, 2.24) is 4.98 Å². The molecule has 0 aromatic carbocycles. The summed E-state index contributed by atoms with van der Waals surface area (Å²) in [6.07, 6.45) is 9.21. The fraction of sp³-hybridized carbons (Fsp3) is 0.647. The van der Waals surface area contributed by atoms with E-state index in [0.717, 1.165) is 24.1 Å². The van der Waals surface area contributed by atoms with Crippen LogP contribution in [0, 0.1) is 13.8 Å². The smallest absolute Gasteiger partial charge is 0.225 e. The van der Waals surface area contributed by atoms with Gasteiger partial charge in [0.15, 0.2) is 0 Å². The highest BCUT2D eigenvalue weighted by molar-refractivity contribution is 5.89. The highest BCUT2D eigenvalue weighted by Crippen LogP contribution is 2.11. The van der Waals surface area contributed by atoms with E-state index in [0.29, 0.717) is 12.2 Å². The zero-order chi connectivity index (χ0) is 14.8. The van der Waals surface area contributed by atoms with Crippen molar-refractivity contribution in [2.24, 2.45) is 0 Å². The number of hydrogen-bond donors (Lipinski definition) is 1. The van der Waals surface area contributed by atoms with E-state index in [-0.39, 0.29) is 5.91 Å². The standard InChI is InChI=1S/C17H28N2O/c1-4-5-6-7-8-9-10-11-17(20)19-16-13-14(2)12-15(3)18-16/h12-13H,4-11H2,1-3H3,(H,18,19,20). The van der Waals surface area contributed by atoms with Crippen LogP contribution in [-0.2, 0) is 4.79 Å². The van der Waals surface area contributed by atoms with Gasteiger partial charge in [-0.05, 0) is 38.0 Å². The number of pyridine rings is 1. The predicted molar refractivity (Wildman–Crippen MR) is 85.0 cm³/mol. The van der Waals surface area contributed by atoms with Gasteiger partial charge in [0.2, 0.25) is 5.91 Å². The molecule has 0 saturated heterocycles. The molecule has 1 aromatic heterocycles. The zero-order valence-electron chi connectivity index (χ0n) is 13.2. The maximum absolute atomic E-state index is 11.8. The first-order valence-corrected chi connectivity index (χ1v) is 7.87. The minimum absolute atomic E-state index is 0.0797. The van der Waals surface area contributed by atoms with Gasteiger partial charge >= 0.3 is 0 Å². The Hall–Kier alpha value is -1.38. The molecule has 1 heterocycles. The Morgan fingerprint density at radius 3 is 2.35 bits per heavy atom. The monoisotopic (exact) mass is 276 g/mol. The van der Waals surface area contributed by atoms with E-state index in [1.165, 1.54) is 32.1 Å². The first kappa shape index (κ1) is 16.7. The molecule has 1 N–H and O–H groups in total. The molecule has 0 spiro atoms. The minimum Gasteiger partial charge on any atom is -0.311 e. The average Bonchev–Trinajstić information content (AvgIpc) is 2.36. The van der Waals surface area contributed by atoms with Gasteiger partial charge in [-0.2, -0.15) is 0 Å². The van der Waals surface area contributed by atoms with Gasteiger partial charge in [0.25, 0.3) is 0 Å². The molecular formula is C17H28N2O. The van der Waals surface area contributed by atoms with Gasteiger partial charge in [0.05, 0.1) is 0 Å². The fourth-order valence-electron chi connectivity index (χ4n) is 2.35. The topological polar surface area (TPSA) is 42.0 Å². The molecule has 0 atom stereocenters. The van der Waals surface area contributed by atoms with Crippen molar-refractivity contribution in [3.63, 3.8) is 0 Å². The molecule has 3 heteroatoms. The van der Waals surface area contributed by atoms with E-state index in [2.05, 4.69) is 17.2 Å². The molecule has 0 bridgehead atoms. The Balaban J connectivity index is 2.17. The number of aryl methyl sites for hydroxylation is 2. The van der Waals surface area contributed by atoms with Crippen LogP contribution in [0.1, 0.15) is 69.5 Å². The zero-order valence-corrected chi connectivity index (χ0v) is 13.2. The number of anilines is 1. The molecule has 0 unspecified atom stereocenters. The van der Waals surface area contributed by atoms with Crippen LogP contribution >= 0.6 is 0 Å². The van der Waals surface area contributed by atoms with Crippen molar-refractivity contribution in [2.75, 3.05) is 5.32 Å². The van der Waals surface area contributed by atoms with Crippen LogP contribution in [0.4, 0.5) is 5.82 Å². The van der Waals surface area contributed by atoms with Crippen molar-refractivity contribution in [2.45, 2.75) is 72.1 Å². The number of amides is 1. The fourth-order valence-corrected chi connectivity index (χ4v) is 2.35. The molecule has 0 radical (unpaired) electrons. The number of aromatic nitrogens is 1. The third-order valence-corrected chi connectivity index (χ3v) is 3.37. The Bertz CT molecular complexity index is 395. The van der Waals surface area contributed by atoms with E-state index in [9.17, 15) is 4.79 Å². The minimum atomic E-state index is 0.0797. The summed E-state index contributed by atoms with van der Waals surface area (Å²) in [7, 11) is 0. The van der Waals surface area contributed by atoms with Gasteiger partial charge in [-0.25, -0.2) is 4.98 Å². The molecule has 3 nitrogen and oxygen atoms in total. The second-order valence-electron chi connectivity index (χ2n) is 5.59. The van der Waals surface area contributed by atoms with Crippen LogP contribution in [0.3, 0.4) is 0 Å². The number of carbonyl (C=O) groups is 1. The largest absolute Gasteiger partial charge is 0.311 e. The molecule has 0 aliphatic heterocycles. The van der Waals surface area contributed by atoms with Crippen molar-refractivity contribution in [3.05, 3.63) is 23.4 Å². The average molecular weight is 276 g/mol. The third kappa shape index (κ3) is 7.27. The van der Waals surface area contributed by atoms with Crippen LogP contribution in [0.5, 0.6) is 0 Å². The lowest BCUT2D eigenvalue weighted by Crippen LogP contribution is -2.12. The number of nitrogens with one attached hydrogen (secondary N) is 1. The van der Waals surface area contributed by atoms with Gasteiger partial charge < -0.3 is 5.32 Å². The summed E-state index contributed by atoms with van der Waals surface area (Å²) in [4.78, 5) is 16.1. The molecule has 1 rings (SSSR count). The lowest BCUT2D eigenvalue weighted by Gasteiger charge is -2.06. The summed E-state index contributed by atoms with van der Waals surface area (Å²) >= 11 is 0. The van der Waals surface area contributed by atoms with Crippen LogP contribution in [0.2, 0.25) is 0 Å². The Labute approximate surface area is 123 Å². The third-order valence-electron chi connectivity index (χ3n) is 3.37. The van der Waals surface area contributed by atoms with Gasteiger partial charge in [-0.15, -0.1) is 0 Å². The molecule has 1 aromatic rings. The van der Waals surface area contributed by atoms with Crippen molar-refractivity contribution in [1.29, 1.82) is 0 Å². The second kappa shape index (κ2) is 9.51. The van der Waals surface area contributed by atoms with E-state index in [1.807, 2.05) is 26.0 Å². The summed E-state index contributed by atoms with van der Waals surface area (Å²) in [6, 6.07) is 3.92. The molecule has 112 valence electrons. The number of unbranched alkanes of at least 4 members (excludes halogenated alkanes) is 6. The summed E-state index contributed by atoms with van der Waals surface area (Å²) in [5, 5.41) is 2.88. The van der Waals surface area contributed by atoms with Crippen molar-refractivity contribution in [3.8, 4) is 0 Å². The summed E-state index contributed by atoms with van der Waals surface area (Å²) in [6.45, 7) is 6.19. The summed E-state index contributed by atoms with van der Waals surface area (Å²) in [5.74, 6) is 0.756. The number of carbonyl (C=O) groups excluding carboxylic acids is 1. The highest BCUT2D eigenvalue weighted by atomic mass is 16.1. The maximum atomic E-state index is 11.8. The van der Waals surface area contributed by atoms with Crippen molar-refractivity contribution < 1.29 is 4.79 Å². The Kier molecular flexibility index (Phi) is 7.93. The molecule has 20 heavy (non-hydrogen) atoms. The van der Waals surface area contributed by atoms with Crippen LogP contribution < -0.4 is 5.32 Å². The number of nitrogens with zero attached hydrogens (tertiary/aromatic N) is 1. The lowest BCUT2D eigenvalue weighted by molar-refractivity contribution is -0.116. The highest BCUT2D eigenvalue weighted by Gasteiger charge is 2.04. The van der Waals surface area contributed by atoms with E-state index in [4.69, 9.17) is 0 Å². The van der Waals surface area contributed by atoms with Gasteiger partial charge in [0, 0.05) is 12.1 Å². The van der Waals surface area contributed by atoms with Crippen molar-refractivity contribution >= 4 is 11.7 Å². The molecule has 1 amide bonds. The van der Waals surface area contributed by atoms with Crippen LogP contribution in [0.15, 0.2) is 12.1 Å². The van der Waals surface area contributed by atoms with E-state index < -0.39 is 0 Å². The van der Waals surface area contributed by atoms with Gasteiger partial charge in [-0.3, -0.25) is 4.79 Å². The normalized spacial score (nSPS) is 10.6. The predicted octanol–water partition coefficient (Wildman–Crippen LogP) is 4.78. The van der Waals surface area contributed by atoms with Crippen LogP contribution in [0.25, 0.3) is 0 Å². The Morgan fingerprint density at radius 1 is 1.05 bits per heavy atom. The first-order chi connectivity index (χ1) is 9.61.